The molecule has 336 valence electrons. The fraction of sp³-hybridized carbons (Fsp3) is 0.458. The Morgan fingerprint density at radius 2 is 1.68 bits per heavy atom. The van der Waals surface area contributed by atoms with E-state index in [9.17, 15) is 25.1 Å². The highest BCUT2D eigenvalue weighted by molar-refractivity contribution is 6.03. The first-order valence-electron chi connectivity index (χ1n) is 21.7. The lowest BCUT2D eigenvalue weighted by atomic mass is 9.55. The van der Waals surface area contributed by atoms with Crippen molar-refractivity contribution in [3.05, 3.63) is 124 Å². The van der Waals surface area contributed by atoms with Crippen LogP contribution in [0.3, 0.4) is 0 Å². The zero-order valence-electron chi connectivity index (χ0n) is 35.7. The topological polar surface area (TPSA) is 181 Å². The Balaban J connectivity index is 1.43. The quantitative estimate of drug-likeness (QED) is 0.0427. The maximum absolute atomic E-state index is 14.5. The average molecular weight is 868 g/mol. The molecule has 0 bridgehead atoms. The van der Waals surface area contributed by atoms with Crippen LogP contribution in [0.5, 0.6) is 23.0 Å². The summed E-state index contributed by atoms with van der Waals surface area (Å²) in [5.41, 5.74) is 3.75. The molecular weight excluding hydrogens is 811 g/mol. The van der Waals surface area contributed by atoms with Gasteiger partial charge in [-0.3, -0.25) is 15.0 Å². The molecule has 7 rings (SSSR count). The number of unbranched alkanes of at least 4 members (excludes halogenated alkanes) is 2. The lowest BCUT2D eigenvalue weighted by molar-refractivity contribution is -0.384. The molecule has 1 fully saturated rings. The number of amides is 1. The summed E-state index contributed by atoms with van der Waals surface area (Å²) < 4.78 is 37.6. The van der Waals surface area contributed by atoms with Crippen LogP contribution < -0.4 is 18.9 Å². The Hall–Kier alpha value is -5.90. The summed E-state index contributed by atoms with van der Waals surface area (Å²) in [6, 6.07) is 16.6. The van der Waals surface area contributed by atoms with Gasteiger partial charge in [0.25, 0.3) is 5.69 Å². The Labute approximate surface area is 367 Å². The summed E-state index contributed by atoms with van der Waals surface area (Å²) in [5.74, 6) is 0.0387. The number of nitrogens with zero attached hydrogens (tertiary/aromatic N) is 3. The number of fused-ring (bicyclic) bond motifs is 3. The van der Waals surface area contributed by atoms with Crippen molar-refractivity contribution in [3.8, 4) is 23.0 Å². The number of hydrogen-bond acceptors (Lipinski definition) is 13. The molecule has 1 saturated carbocycles. The molecule has 3 aromatic carbocycles. The van der Waals surface area contributed by atoms with Crippen LogP contribution >= 0.6 is 0 Å². The van der Waals surface area contributed by atoms with Crippen LogP contribution in [0.15, 0.2) is 103 Å². The first kappa shape index (κ1) is 45.1. The van der Waals surface area contributed by atoms with Gasteiger partial charge in [0, 0.05) is 49.8 Å². The van der Waals surface area contributed by atoms with Gasteiger partial charge in [-0.05, 0) is 104 Å². The summed E-state index contributed by atoms with van der Waals surface area (Å²) in [6.45, 7) is 10.4. The highest BCUT2D eigenvalue weighted by atomic mass is 16.7. The van der Waals surface area contributed by atoms with E-state index in [2.05, 4.69) is 19.2 Å². The molecule has 6 atom stereocenters. The van der Waals surface area contributed by atoms with Crippen LogP contribution in [-0.4, -0.2) is 83.5 Å². The maximum atomic E-state index is 14.5. The normalized spacial score (nSPS) is 23.4. The third-order valence-electron chi connectivity index (χ3n) is 12.2. The molecule has 15 heteroatoms. The van der Waals surface area contributed by atoms with Crippen molar-refractivity contribution in [3.63, 3.8) is 0 Å². The lowest BCUT2D eigenvalue weighted by Crippen LogP contribution is -2.70. The van der Waals surface area contributed by atoms with E-state index in [0.29, 0.717) is 53.7 Å². The van der Waals surface area contributed by atoms with Gasteiger partial charge in [0.05, 0.1) is 29.8 Å². The molecule has 63 heavy (non-hydrogen) atoms. The van der Waals surface area contributed by atoms with Crippen molar-refractivity contribution in [2.24, 2.45) is 22.9 Å². The number of aliphatic hydroxyl groups is 2. The molecule has 2 heterocycles. The third kappa shape index (κ3) is 9.85. The summed E-state index contributed by atoms with van der Waals surface area (Å²) in [7, 11) is 0. The van der Waals surface area contributed by atoms with Crippen molar-refractivity contribution >= 4 is 17.5 Å². The molecule has 2 N–H and O–H groups in total. The molecule has 15 nitrogen and oxygen atoms in total. The first-order valence-corrected chi connectivity index (χ1v) is 21.7. The second-order valence-electron chi connectivity index (χ2n) is 16.1. The second-order valence-corrected chi connectivity index (χ2v) is 16.1. The summed E-state index contributed by atoms with van der Waals surface area (Å²) in [5, 5.41) is 36.1. The fourth-order valence-corrected chi connectivity index (χ4v) is 9.54. The number of benzene rings is 3. The number of nitro groups is 1. The number of carbonyl (C=O) groups is 1. The minimum atomic E-state index is -1.52. The number of non-ortho nitro benzene ring substituents is 1. The van der Waals surface area contributed by atoms with E-state index in [4.69, 9.17) is 38.4 Å². The van der Waals surface area contributed by atoms with Crippen molar-refractivity contribution in [2.75, 3.05) is 39.8 Å². The van der Waals surface area contributed by atoms with Crippen molar-refractivity contribution in [1.82, 2.24) is 4.90 Å². The molecule has 2 aliphatic carbocycles. The Bertz CT molecular complexity index is 2160. The Morgan fingerprint density at radius 1 is 0.952 bits per heavy atom. The highest BCUT2D eigenvalue weighted by Crippen LogP contribution is 2.62. The Kier molecular flexibility index (Phi) is 15.0. The first-order chi connectivity index (χ1) is 30.7. The molecule has 2 aliphatic heterocycles. The van der Waals surface area contributed by atoms with Crippen LogP contribution in [0.25, 0.3) is 0 Å². The van der Waals surface area contributed by atoms with Crippen molar-refractivity contribution in [2.45, 2.75) is 82.8 Å². The van der Waals surface area contributed by atoms with Crippen molar-refractivity contribution in [1.29, 1.82) is 0 Å². The minimum Gasteiger partial charge on any atom is -0.490 e. The van der Waals surface area contributed by atoms with Crippen LogP contribution in [-0.2, 0) is 27.5 Å². The number of aliphatic hydroxyl groups excluding tert-OH is 2. The standard InChI is InChI=1S/C48H57N3O12/c1-4-23-58-36-18-20-41-39(27-36)45-37(12-8-10-22-53)34(11-7-9-21-52)26-38-40(49-62-30-32-13-16-35(17-14-32)51(55)56)28-44(48(63-41,46(38)45)61-24-5-2)50(47(54)57-6-3)29-33-15-19-42-43(25-33)60-31-59-42/h4-5,13-20,25-27,34,37,44-46,52-53H,1-2,6-12,21-24,28-31H2,3H3. The second kappa shape index (κ2) is 21.0. The van der Waals surface area contributed by atoms with Crippen LogP contribution in [0, 0.1) is 27.9 Å². The van der Waals surface area contributed by atoms with E-state index in [-0.39, 0.29) is 76.2 Å². The summed E-state index contributed by atoms with van der Waals surface area (Å²) in [4.78, 5) is 33.2. The number of ether oxygens (including phenoxy) is 6. The number of oxime groups is 1. The SMILES string of the molecule is C=CCOc1ccc2c(c1)C1C(CCCCO)C(CCCCO)C=C3C(=NOCc4ccc([N+](=O)[O-])cc4)CC(N(Cc4ccc5c(c4)OCO5)C(=O)OCC)C(OCC=C)(O2)C31. The van der Waals surface area contributed by atoms with Gasteiger partial charge in [-0.25, -0.2) is 4.79 Å². The van der Waals surface area contributed by atoms with E-state index in [0.717, 1.165) is 42.4 Å². The molecule has 4 aliphatic rings. The van der Waals surface area contributed by atoms with E-state index < -0.39 is 28.8 Å². The minimum absolute atomic E-state index is 0.000987. The highest BCUT2D eigenvalue weighted by Gasteiger charge is 2.65. The molecule has 3 aromatic rings. The maximum Gasteiger partial charge on any atom is 0.410 e. The molecular formula is C48H57N3O12. The van der Waals surface area contributed by atoms with E-state index in [1.54, 1.807) is 36.1 Å². The smallest absolute Gasteiger partial charge is 0.410 e. The number of carbonyl (C=O) groups excluding carboxylic acids is 1. The van der Waals surface area contributed by atoms with Gasteiger partial charge < -0.3 is 43.5 Å². The lowest BCUT2D eigenvalue weighted by Gasteiger charge is -2.59. The van der Waals surface area contributed by atoms with Gasteiger partial charge in [-0.1, -0.05) is 48.9 Å². The monoisotopic (exact) mass is 867 g/mol. The Morgan fingerprint density at radius 3 is 2.41 bits per heavy atom. The third-order valence-corrected chi connectivity index (χ3v) is 12.2. The predicted molar refractivity (Wildman–Crippen MR) is 234 cm³/mol. The number of hydrogen-bond donors (Lipinski definition) is 2. The fourth-order valence-electron chi connectivity index (χ4n) is 9.54. The molecule has 1 amide bonds. The predicted octanol–water partition coefficient (Wildman–Crippen LogP) is 8.38. The van der Waals surface area contributed by atoms with Crippen molar-refractivity contribution < 1.29 is 53.2 Å². The number of rotatable bonds is 22. The molecule has 6 unspecified atom stereocenters. The molecule has 0 aromatic heterocycles. The van der Waals surface area contributed by atoms with E-state index in [1.165, 1.54) is 12.1 Å². The summed E-state index contributed by atoms with van der Waals surface area (Å²) in [6.07, 6.45) is 9.49. The van der Waals surface area contributed by atoms with Gasteiger partial charge in [0.15, 0.2) is 11.5 Å². The molecule has 0 radical (unpaired) electrons. The zero-order valence-corrected chi connectivity index (χ0v) is 35.7. The summed E-state index contributed by atoms with van der Waals surface area (Å²) >= 11 is 0. The molecule has 0 saturated heterocycles. The largest absolute Gasteiger partial charge is 0.490 e. The molecule has 0 spiro atoms. The van der Waals surface area contributed by atoms with Gasteiger partial charge in [0.2, 0.25) is 12.6 Å². The number of nitro benzene ring substituents is 1. The zero-order chi connectivity index (χ0) is 44.3. The van der Waals surface area contributed by atoms with Crippen LogP contribution in [0.2, 0.25) is 0 Å². The number of allylic oxidation sites excluding steroid dienone is 1. The van der Waals surface area contributed by atoms with Gasteiger partial charge in [0.1, 0.15) is 30.8 Å². The van der Waals surface area contributed by atoms with Gasteiger partial charge >= 0.3 is 6.09 Å². The van der Waals surface area contributed by atoms with Crippen LogP contribution in [0.4, 0.5) is 10.5 Å². The van der Waals surface area contributed by atoms with Gasteiger partial charge in [-0.2, -0.15) is 0 Å². The van der Waals surface area contributed by atoms with Crippen LogP contribution in [0.1, 0.15) is 74.5 Å². The average Bonchev–Trinajstić information content (AvgIpc) is 3.77. The van der Waals surface area contributed by atoms with Gasteiger partial charge in [-0.15, -0.1) is 6.58 Å². The van der Waals surface area contributed by atoms with E-state index in [1.807, 2.05) is 36.4 Å². The van der Waals surface area contributed by atoms with E-state index >= 15 is 0 Å².